The fraction of sp³-hybridized carbons (Fsp3) is 0.143. The number of amides is 1. The third kappa shape index (κ3) is 3.55. The van der Waals surface area contributed by atoms with Crippen LogP contribution in [0.4, 0.5) is 10.1 Å². The summed E-state index contributed by atoms with van der Waals surface area (Å²) in [6.45, 7) is 0.539. The van der Waals surface area contributed by atoms with Crippen LogP contribution in [0.25, 0.3) is 0 Å². The number of hydrogen-bond acceptors (Lipinski definition) is 2. The highest BCUT2D eigenvalue weighted by Crippen LogP contribution is 2.28. The third-order valence-corrected chi connectivity index (χ3v) is 5.27. The first kappa shape index (κ1) is 18.0. The molecule has 0 unspecified atom stereocenters. The summed E-state index contributed by atoms with van der Waals surface area (Å²) in [4.78, 5) is 18.8. The molecular weight excluding hydrogens is 386 g/mol. The van der Waals surface area contributed by atoms with Crippen molar-refractivity contribution < 1.29 is 9.18 Å². The monoisotopic (exact) mass is 400 g/mol. The molecule has 2 heterocycles. The van der Waals surface area contributed by atoms with Gasteiger partial charge in [-0.1, -0.05) is 29.3 Å². The van der Waals surface area contributed by atoms with Crippen LogP contribution in [0.15, 0.2) is 54.9 Å². The fourth-order valence-electron chi connectivity index (χ4n) is 3.33. The van der Waals surface area contributed by atoms with Crippen molar-refractivity contribution in [3.8, 4) is 0 Å². The molecule has 27 heavy (non-hydrogen) atoms. The highest BCUT2D eigenvalue weighted by Gasteiger charge is 2.26. The van der Waals surface area contributed by atoms with E-state index in [9.17, 15) is 9.18 Å². The lowest BCUT2D eigenvalue weighted by Gasteiger charge is -2.28. The average molecular weight is 401 g/mol. The Kier molecular flexibility index (Phi) is 4.85. The zero-order valence-corrected chi connectivity index (χ0v) is 15.8. The number of benzene rings is 2. The van der Waals surface area contributed by atoms with Gasteiger partial charge in [0.25, 0.3) is 5.91 Å². The van der Waals surface area contributed by atoms with Crippen LogP contribution in [0.2, 0.25) is 10.0 Å². The molecule has 3 nitrogen and oxygen atoms in total. The first-order valence-corrected chi connectivity index (χ1v) is 9.25. The number of rotatable bonds is 3. The number of carbonyl (C=O) groups is 1. The number of nitrogens with zero attached hydrogens (tertiary/aromatic N) is 2. The Morgan fingerprint density at radius 1 is 1.11 bits per heavy atom. The van der Waals surface area contributed by atoms with Gasteiger partial charge in [-0.2, -0.15) is 0 Å². The standard InChI is InChI=1S/C21H15Cl2FN2O/c22-15-4-5-17-14(10-15)6-7-26(21(17)27)16-8-13(11-25-12-16)9-18-19(23)2-1-3-20(18)24/h1-5,8,10-12H,6-7,9H2. The largest absolute Gasteiger partial charge is 0.306 e. The van der Waals surface area contributed by atoms with Gasteiger partial charge in [-0.3, -0.25) is 9.78 Å². The molecule has 6 heteroatoms. The van der Waals surface area contributed by atoms with Crippen LogP contribution in [-0.2, 0) is 12.8 Å². The Morgan fingerprint density at radius 3 is 2.78 bits per heavy atom. The second kappa shape index (κ2) is 7.29. The molecule has 0 atom stereocenters. The third-order valence-electron chi connectivity index (χ3n) is 4.68. The first-order chi connectivity index (χ1) is 13.0. The molecule has 0 bridgehead atoms. The number of halogens is 3. The minimum Gasteiger partial charge on any atom is -0.306 e. The van der Waals surface area contributed by atoms with Gasteiger partial charge in [-0.25, -0.2) is 4.39 Å². The lowest BCUT2D eigenvalue weighted by molar-refractivity contribution is 0.0980. The first-order valence-electron chi connectivity index (χ1n) is 8.50. The molecule has 1 aliphatic heterocycles. The van der Waals surface area contributed by atoms with Gasteiger partial charge in [-0.15, -0.1) is 0 Å². The van der Waals surface area contributed by atoms with E-state index in [4.69, 9.17) is 23.2 Å². The molecule has 4 rings (SSSR count). The van der Waals surface area contributed by atoms with Crippen molar-refractivity contribution in [3.05, 3.63) is 93.0 Å². The second-order valence-corrected chi connectivity index (χ2v) is 7.28. The van der Waals surface area contributed by atoms with Gasteiger partial charge in [-0.05, 0) is 53.9 Å². The van der Waals surface area contributed by atoms with Crippen LogP contribution in [0, 0.1) is 5.82 Å². The topological polar surface area (TPSA) is 33.2 Å². The van der Waals surface area contributed by atoms with E-state index in [1.807, 2.05) is 12.1 Å². The van der Waals surface area contributed by atoms with Crippen LogP contribution in [0.1, 0.15) is 27.0 Å². The Labute approximate surface area is 166 Å². The average Bonchev–Trinajstić information content (AvgIpc) is 2.65. The molecule has 0 aliphatic carbocycles. The van der Waals surface area contributed by atoms with Crippen molar-refractivity contribution in [2.75, 3.05) is 11.4 Å². The van der Waals surface area contributed by atoms with Crippen LogP contribution < -0.4 is 4.90 Å². The van der Waals surface area contributed by atoms with Crippen molar-refractivity contribution in [1.82, 2.24) is 4.98 Å². The normalized spacial score (nSPS) is 13.6. The number of fused-ring (bicyclic) bond motifs is 1. The number of anilines is 1. The molecule has 3 aromatic rings. The van der Waals surface area contributed by atoms with Gasteiger partial charge in [0, 0.05) is 40.3 Å². The van der Waals surface area contributed by atoms with Crippen molar-refractivity contribution in [1.29, 1.82) is 0 Å². The van der Waals surface area contributed by atoms with Crippen molar-refractivity contribution in [2.24, 2.45) is 0 Å². The highest BCUT2D eigenvalue weighted by atomic mass is 35.5. The summed E-state index contributed by atoms with van der Waals surface area (Å²) in [6, 6.07) is 11.8. The van der Waals surface area contributed by atoms with E-state index in [0.29, 0.717) is 46.2 Å². The van der Waals surface area contributed by atoms with Crippen LogP contribution in [0.3, 0.4) is 0 Å². The summed E-state index contributed by atoms with van der Waals surface area (Å²) >= 11 is 12.1. The fourth-order valence-corrected chi connectivity index (χ4v) is 3.75. The summed E-state index contributed by atoms with van der Waals surface area (Å²) in [5.41, 5.74) is 3.49. The maximum Gasteiger partial charge on any atom is 0.258 e. The maximum atomic E-state index is 14.1. The smallest absolute Gasteiger partial charge is 0.258 e. The summed E-state index contributed by atoms with van der Waals surface area (Å²) < 4.78 is 14.1. The summed E-state index contributed by atoms with van der Waals surface area (Å²) in [7, 11) is 0. The van der Waals surface area contributed by atoms with E-state index in [1.54, 1.807) is 41.6 Å². The van der Waals surface area contributed by atoms with Crippen molar-refractivity contribution in [2.45, 2.75) is 12.8 Å². The predicted octanol–water partition coefficient (Wildman–Crippen LogP) is 5.32. The Hall–Kier alpha value is -2.43. The van der Waals surface area contributed by atoms with Crippen molar-refractivity contribution >= 4 is 34.8 Å². The number of aromatic nitrogens is 1. The Morgan fingerprint density at radius 2 is 1.96 bits per heavy atom. The second-order valence-electron chi connectivity index (χ2n) is 6.44. The van der Waals surface area contributed by atoms with E-state index < -0.39 is 0 Å². The number of hydrogen-bond donors (Lipinski definition) is 0. The molecule has 2 aromatic carbocycles. The van der Waals surface area contributed by atoms with E-state index >= 15 is 0 Å². The molecule has 1 amide bonds. The van der Waals surface area contributed by atoms with Crippen LogP contribution in [-0.4, -0.2) is 17.4 Å². The molecule has 0 spiro atoms. The molecule has 0 saturated carbocycles. The minimum absolute atomic E-state index is 0.0872. The number of carbonyl (C=O) groups excluding carboxylic acids is 1. The van der Waals surface area contributed by atoms with E-state index in [2.05, 4.69) is 4.98 Å². The molecule has 0 N–H and O–H groups in total. The zero-order valence-electron chi connectivity index (χ0n) is 14.3. The Bertz CT molecular complexity index is 1020. The van der Waals surface area contributed by atoms with Gasteiger partial charge in [0.15, 0.2) is 0 Å². The molecule has 0 radical (unpaired) electrons. The lowest BCUT2D eigenvalue weighted by atomic mass is 9.98. The summed E-state index contributed by atoms with van der Waals surface area (Å²) in [5, 5.41) is 1.00. The van der Waals surface area contributed by atoms with E-state index in [1.165, 1.54) is 6.07 Å². The molecular formula is C21H15Cl2FN2O. The molecule has 136 valence electrons. The van der Waals surface area contributed by atoms with E-state index in [-0.39, 0.29) is 11.7 Å². The van der Waals surface area contributed by atoms with E-state index in [0.717, 1.165) is 11.1 Å². The van der Waals surface area contributed by atoms with Gasteiger partial charge in [0.05, 0.1) is 11.9 Å². The predicted molar refractivity (Wildman–Crippen MR) is 105 cm³/mol. The van der Waals surface area contributed by atoms with Gasteiger partial charge < -0.3 is 4.90 Å². The quantitative estimate of drug-likeness (QED) is 0.595. The van der Waals surface area contributed by atoms with Crippen molar-refractivity contribution in [3.63, 3.8) is 0 Å². The zero-order chi connectivity index (χ0) is 19.0. The van der Waals surface area contributed by atoms with Gasteiger partial charge in [0.1, 0.15) is 5.82 Å². The van der Waals surface area contributed by atoms with Crippen LogP contribution in [0.5, 0.6) is 0 Å². The SMILES string of the molecule is O=C1c2ccc(Cl)cc2CCN1c1cncc(Cc2c(F)cccc2Cl)c1. The minimum atomic E-state index is -0.354. The molecule has 1 aromatic heterocycles. The Balaban J connectivity index is 1.63. The van der Waals surface area contributed by atoms with Gasteiger partial charge in [0.2, 0.25) is 0 Å². The summed E-state index contributed by atoms with van der Waals surface area (Å²) in [5.74, 6) is -0.441. The maximum absolute atomic E-state index is 14.1. The number of pyridine rings is 1. The highest BCUT2D eigenvalue weighted by molar-refractivity contribution is 6.31. The van der Waals surface area contributed by atoms with Crippen LogP contribution >= 0.6 is 23.2 Å². The van der Waals surface area contributed by atoms with Gasteiger partial charge >= 0.3 is 0 Å². The lowest BCUT2D eigenvalue weighted by Crippen LogP contribution is -2.37. The molecule has 0 saturated heterocycles. The molecule has 1 aliphatic rings. The summed E-state index contributed by atoms with van der Waals surface area (Å²) in [6.07, 6.45) is 4.32. The molecule has 0 fully saturated rings.